The van der Waals surface area contributed by atoms with Crippen LogP contribution in [0, 0.1) is 10.4 Å². The van der Waals surface area contributed by atoms with Gasteiger partial charge in [0.05, 0.1) is 0 Å². The maximum atomic E-state index is 3.58. The van der Waals surface area contributed by atoms with Gasteiger partial charge in [-0.1, -0.05) is 0 Å². The molecule has 0 amide bonds. The molecule has 2 heteroatoms. The van der Waals surface area contributed by atoms with E-state index in [0.717, 1.165) is 0 Å². The average Bonchev–Trinajstić information content (AvgIpc) is 2.62. The van der Waals surface area contributed by atoms with Crippen LogP contribution in [0.2, 0.25) is 0 Å². The molecule has 0 unspecified atom stereocenters. The standard InChI is InChI=1S/C20H16SeSi/c21-16-17-22(18-10-4-1-5-11-18,19-12-6-2-7-13-19)20-14-8-3-9-15-20/h1-15,21H/p-1. The quantitative estimate of drug-likeness (QED) is 0.379. The molecule has 0 bridgehead atoms. The Labute approximate surface area is 141 Å². The van der Waals surface area contributed by atoms with Gasteiger partial charge in [-0.2, -0.15) is 0 Å². The van der Waals surface area contributed by atoms with Crippen LogP contribution in [0.4, 0.5) is 0 Å². The van der Waals surface area contributed by atoms with E-state index in [1.165, 1.54) is 15.6 Å². The molecule has 3 aromatic carbocycles. The monoisotopic (exact) mass is 363 g/mol. The van der Waals surface area contributed by atoms with Crippen molar-refractivity contribution in [2.24, 2.45) is 0 Å². The Kier molecular flexibility index (Phi) is 4.61. The molecule has 3 rings (SSSR count). The van der Waals surface area contributed by atoms with Crippen LogP contribution in [-0.4, -0.2) is 24.1 Å². The van der Waals surface area contributed by atoms with Gasteiger partial charge in [0.2, 0.25) is 0 Å². The Morgan fingerprint density at radius 3 is 1.14 bits per heavy atom. The van der Waals surface area contributed by atoms with Gasteiger partial charge in [-0.3, -0.25) is 0 Å². The van der Waals surface area contributed by atoms with Crippen LogP contribution in [0.25, 0.3) is 0 Å². The number of rotatable bonds is 3. The number of hydrogen-bond donors (Lipinski definition) is 0. The van der Waals surface area contributed by atoms with Crippen molar-refractivity contribution in [1.82, 2.24) is 0 Å². The van der Waals surface area contributed by atoms with E-state index in [9.17, 15) is 0 Å². The molecule has 0 heterocycles. The van der Waals surface area contributed by atoms with Crippen molar-refractivity contribution >= 4 is 39.6 Å². The average molecular weight is 362 g/mol. The van der Waals surface area contributed by atoms with Crippen LogP contribution in [0.3, 0.4) is 0 Å². The molecule has 0 saturated heterocycles. The Morgan fingerprint density at radius 1 is 0.545 bits per heavy atom. The number of benzene rings is 3. The van der Waals surface area contributed by atoms with Crippen molar-refractivity contribution < 1.29 is 0 Å². The van der Waals surface area contributed by atoms with Gasteiger partial charge in [-0.25, -0.2) is 0 Å². The van der Waals surface area contributed by atoms with Gasteiger partial charge < -0.3 is 0 Å². The van der Waals surface area contributed by atoms with Crippen molar-refractivity contribution in [1.29, 1.82) is 0 Å². The molecule has 3 aromatic rings. The molecule has 0 aliphatic heterocycles. The van der Waals surface area contributed by atoms with Crippen molar-refractivity contribution in [3.05, 3.63) is 91.0 Å². The van der Waals surface area contributed by atoms with Gasteiger partial charge in [0.25, 0.3) is 0 Å². The van der Waals surface area contributed by atoms with E-state index < -0.39 is 8.07 Å². The predicted molar refractivity (Wildman–Crippen MR) is 97.5 cm³/mol. The summed E-state index contributed by atoms with van der Waals surface area (Å²) >= 11 is 2.88. The maximum absolute atomic E-state index is 3.58. The molecule has 0 aliphatic carbocycles. The second kappa shape index (κ2) is 6.81. The summed E-state index contributed by atoms with van der Waals surface area (Å²) in [6, 6.07) is 32.0. The molecular formula is C20H15SeSi-. The minimum absolute atomic E-state index is 1.31. The molecule has 22 heavy (non-hydrogen) atoms. The Bertz CT molecular complexity index is 690. The van der Waals surface area contributed by atoms with Crippen LogP contribution in [0.5, 0.6) is 0 Å². The van der Waals surface area contributed by atoms with E-state index in [4.69, 9.17) is 0 Å². The number of hydrogen-bond acceptors (Lipinski definition) is 0. The third-order valence-corrected chi connectivity index (χ3v) is 8.58. The first kappa shape index (κ1) is 14.9. The SMILES string of the molecule is [Se-]C#C[Si](c1ccccc1)(c1ccccc1)c1ccccc1. The van der Waals surface area contributed by atoms with Gasteiger partial charge in [0.15, 0.2) is 0 Å². The van der Waals surface area contributed by atoms with E-state index in [-0.39, 0.29) is 0 Å². The van der Waals surface area contributed by atoms with Crippen LogP contribution in [0.15, 0.2) is 91.0 Å². The first-order valence-electron chi connectivity index (χ1n) is 7.19. The third kappa shape index (κ3) is 2.67. The Balaban J connectivity index is 2.36. The van der Waals surface area contributed by atoms with Crippen molar-refractivity contribution in [3.8, 4) is 10.4 Å². The van der Waals surface area contributed by atoms with Crippen molar-refractivity contribution in [2.75, 3.05) is 0 Å². The molecule has 0 saturated carbocycles. The second-order valence-electron chi connectivity index (χ2n) is 5.08. The first-order chi connectivity index (χ1) is 10.9. The minimum atomic E-state index is -2.32. The zero-order chi connectivity index (χ0) is 15.3. The summed E-state index contributed by atoms with van der Waals surface area (Å²) < 4.78 is 0. The van der Waals surface area contributed by atoms with E-state index in [1.807, 2.05) is 0 Å². The van der Waals surface area contributed by atoms with E-state index in [1.54, 1.807) is 0 Å². The fraction of sp³-hybridized carbons (Fsp3) is 0. The third-order valence-electron chi connectivity index (χ3n) is 3.86. The summed E-state index contributed by atoms with van der Waals surface area (Å²) in [7, 11) is -2.32. The first-order valence-corrected chi connectivity index (χ1v) is 10.0. The van der Waals surface area contributed by atoms with E-state index in [2.05, 4.69) is 117 Å². The molecule has 106 valence electrons. The van der Waals surface area contributed by atoms with Gasteiger partial charge in [0, 0.05) is 0 Å². The van der Waals surface area contributed by atoms with Crippen LogP contribution >= 0.6 is 0 Å². The summed E-state index contributed by atoms with van der Waals surface area (Å²) in [4.78, 5) is 3.09. The summed E-state index contributed by atoms with van der Waals surface area (Å²) in [6.45, 7) is 0. The van der Waals surface area contributed by atoms with E-state index in [0.29, 0.717) is 0 Å². The van der Waals surface area contributed by atoms with Crippen molar-refractivity contribution in [2.45, 2.75) is 0 Å². The normalized spacial score (nSPS) is 10.5. The molecule has 0 spiro atoms. The van der Waals surface area contributed by atoms with Gasteiger partial charge in [0.1, 0.15) is 0 Å². The molecule has 0 nitrogen and oxygen atoms in total. The topological polar surface area (TPSA) is 0 Å². The molecule has 0 fully saturated rings. The summed E-state index contributed by atoms with van der Waals surface area (Å²) in [6.07, 6.45) is 0. The molecular weight excluding hydrogens is 347 g/mol. The van der Waals surface area contributed by atoms with Gasteiger partial charge in [-0.05, 0) is 0 Å². The zero-order valence-corrected chi connectivity index (χ0v) is 14.8. The zero-order valence-electron chi connectivity index (χ0n) is 12.1. The van der Waals surface area contributed by atoms with E-state index >= 15 is 0 Å². The Hall–Kier alpha value is -2.04. The molecule has 0 aromatic heterocycles. The van der Waals surface area contributed by atoms with Gasteiger partial charge >= 0.3 is 141 Å². The fourth-order valence-corrected chi connectivity index (χ4v) is 7.48. The van der Waals surface area contributed by atoms with Crippen molar-refractivity contribution in [3.63, 3.8) is 0 Å². The molecule has 0 N–H and O–H groups in total. The molecule has 0 radical (unpaired) electrons. The predicted octanol–water partition coefficient (Wildman–Crippen LogP) is 1.83. The fourth-order valence-electron chi connectivity index (χ4n) is 2.86. The summed E-state index contributed by atoms with van der Waals surface area (Å²) in [5.74, 6) is 0. The summed E-state index contributed by atoms with van der Waals surface area (Å²) in [5.41, 5.74) is 3.58. The molecule has 0 aliphatic rings. The Morgan fingerprint density at radius 2 is 0.864 bits per heavy atom. The summed E-state index contributed by atoms with van der Waals surface area (Å²) in [5, 5.41) is 3.94. The van der Waals surface area contributed by atoms with Crippen LogP contribution in [-0.2, 0) is 0 Å². The van der Waals surface area contributed by atoms with Crippen LogP contribution < -0.4 is 15.6 Å². The molecule has 0 atom stereocenters. The van der Waals surface area contributed by atoms with Gasteiger partial charge in [-0.15, -0.1) is 0 Å². The second-order valence-corrected chi connectivity index (χ2v) is 8.99. The van der Waals surface area contributed by atoms with Crippen LogP contribution in [0.1, 0.15) is 0 Å².